The molecule has 0 aromatic heterocycles. The molecule has 2 aromatic carbocycles. The summed E-state index contributed by atoms with van der Waals surface area (Å²) in [7, 11) is 1.25. The minimum absolute atomic E-state index is 0.117. The number of methoxy groups -OCH3 is 1. The van der Waals surface area contributed by atoms with Gasteiger partial charge in [0.2, 0.25) is 0 Å². The van der Waals surface area contributed by atoms with Crippen molar-refractivity contribution >= 4 is 46.6 Å². The van der Waals surface area contributed by atoms with Crippen LogP contribution in [0.1, 0.15) is 10.4 Å². The fourth-order valence-electron chi connectivity index (χ4n) is 1.72. The van der Waals surface area contributed by atoms with Gasteiger partial charge in [0.15, 0.2) is 0 Å². The van der Waals surface area contributed by atoms with Gasteiger partial charge in [0.25, 0.3) is 0 Å². The number of nitrogens with one attached hydrogen (secondary N) is 2. The lowest BCUT2D eigenvalue weighted by Gasteiger charge is -2.10. The van der Waals surface area contributed by atoms with E-state index in [9.17, 15) is 14.0 Å². The third kappa shape index (κ3) is 4.34. The van der Waals surface area contributed by atoms with Crippen LogP contribution in [0, 0.1) is 5.82 Å². The maximum absolute atomic E-state index is 13.1. The SMILES string of the molecule is COC(=O)c1ccc(Cl)c(NC(=O)Nc2ccc(F)c(Cl)c2)c1. The smallest absolute Gasteiger partial charge is 0.337 e. The molecule has 0 bridgehead atoms. The highest BCUT2D eigenvalue weighted by molar-refractivity contribution is 6.34. The number of rotatable bonds is 3. The van der Waals surface area contributed by atoms with Gasteiger partial charge in [-0.15, -0.1) is 0 Å². The summed E-state index contributed by atoms with van der Waals surface area (Å²) in [5, 5.41) is 5.08. The largest absolute Gasteiger partial charge is 0.465 e. The number of carbonyl (C=O) groups is 2. The molecule has 0 aliphatic heterocycles. The molecule has 0 saturated heterocycles. The van der Waals surface area contributed by atoms with E-state index < -0.39 is 17.8 Å². The Labute approximate surface area is 141 Å². The van der Waals surface area contributed by atoms with Crippen molar-refractivity contribution in [2.45, 2.75) is 0 Å². The second kappa shape index (κ2) is 7.30. The summed E-state index contributed by atoms with van der Waals surface area (Å²) in [6.07, 6.45) is 0. The number of carbonyl (C=O) groups excluding carboxylic acids is 2. The summed E-state index contributed by atoms with van der Waals surface area (Å²) in [6, 6.07) is 7.43. The van der Waals surface area contributed by atoms with Crippen LogP contribution in [0.4, 0.5) is 20.6 Å². The molecule has 0 spiro atoms. The number of urea groups is 1. The van der Waals surface area contributed by atoms with Crippen LogP contribution >= 0.6 is 23.2 Å². The quantitative estimate of drug-likeness (QED) is 0.792. The van der Waals surface area contributed by atoms with Crippen molar-refractivity contribution in [2.24, 2.45) is 0 Å². The first-order chi connectivity index (χ1) is 10.9. The van der Waals surface area contributed by atoms with E-state index in [1.165, 1.54) is 37.4 Å². The van der Waals surface area contributed by atoms with Gasteiger partial charge in [0, 0.05) is 5.69 Å². The first-order valence-electron chi connectivity index (χ1n) is 6.31. The Morgan fingerprint density at radius 1 is 1.04 bits per heavy atom. The van der Waals surface area contributed by atoms with Gasteiger partial charge in [-0.1, -0.05) is 23.2 Å². The van der Waals surface area contributed by atoms with Gasteiger partial charge < -0.3 is 15.4 Å². The van der Waals surface area contributed by atoms with Crippen LogP contribution in [0.5, 0.6) is 0 Å². The van der Waals surface area contributed by atoms with Crippen molar-refractivity contribution in [2.75, 3.05) is 17.7 Å². The van der Waals surface area contributed by atoms with E-state index in [0.717, 1.165) is 6.07 Å². The van der Waals surface area contributed by atoms with E-state index in [1.54, 1.807) is 0 Å². The van der Waals surface area contributed by atoms with Gasteiger partial charge in [0.1, 0.15) is 5.82 Å². The first-order valence-corrected chi connectivity index (χ1v) is 7.07. The predicted molar refractivity (Wildman–Crippen MR) is 86.8 cm³/mol. The molecule has 0 atom stereocenters. The highest BCUT2D eigenvalue weighted by atomic mass is 35.5. The van der Waals surface area contributed by atoms with Gasteiger partial charge in [-0.3, -0.25) is 0 Å². The average Bonchev–Trinajstić information content (AvgIpc) is 2.52. The number of halogens is 3. The molecule has 0 aliphatic carbocycles. The molecule has 2 aromatic rings. The van der Waals surface area contributed by atoms with E-state index in [4.69, 9.17) is 23.2 Å². The lowest BCUT2D eigenvalue weighted by molar-refractivity contribution is 0.0600. The molecule has 120 valence electrons. The number of anilines is 2. The summed E-state index contributed by atoms with van der Waals surface area (Å²) in [5.74, 6) is -1.15. The van der Waals surface area contributed by atoms with Crippen molar-refractivity contribution in [3.05, 3.63) is 57.8 Å². The van der Waals surface area contributed by atoms with Crippen LogP contribution in [-0.4, -0.2) is 19.1 Å². The number of hydrogen-bond acceptors (Lipinski definition) is 3. The van der Waals surface area contributed by atoms with E-state index in [0.29, 0.717) is 5.69 Å². The summed E-state index contributed by atoms with van der Waals surface area (Å²) in [4.78, 5) is 23.4. The molecule has 0 fully saturated rings. The van der Waals surface area contributed by atoms with E-state index in [-0.39, 0.29) is 21.3 Å². The highest BCUT2D eigenvalue weighted by Crippen LogP contribution is 2.24. The molecule has 23 heavy (non-hydrogen) atoms. The zero-order valence-corrected chi connectivity index (χ0v) is 13.3. The number of esters is 1. The maximum Gasteiger partial charge on any atom is 0.337 e. The fraction of sp³-hybridized carbons (Fsp3) is 0.0667. The molecule has 0 unspecified atom stereocenters. The second-order valence-electron chi connectivity index (χ2n) is 4.39. The molecule has 0 aliphatic rings. The van der Waals surface area contributed by atoms with Crippen LogP contribution in [-0.2, 0) is 4.74 Å². The number of hydrogen-bond donors (Lipinski definition) is 2. The lowest BCUT2D eigenvalue weighted by atomic mass is 10.2. The van der Waals surface area contributed by atoms with Crippen molar-refractivity contribution in [3.63, 3.8) is 0 Å². The van der Waals surface area contributed by atoms with E-state index in [2.05, 4.69) is 15.4 Å². The minimum atomic E-state index is -0.628. The Bertz CT molecular complexity index is 768. The summed E-state index contributed by atoms with van der Waals surface area (Å²) >= 11 is 11.6. The zero-order chi connectivity index (χ0) is 17.0. The van der Waals surface area contributed by atoms with E-state index >= 15 is 0 Å². The molecule has 0 heterocycles. The monoisotopic (exact) mass is 356 g/mol. The van der Waals surface area contributed by atoms with Crippen LogP contribution in [0.3, 0.4) is 0 Å². The van der Waals surface area contributed by atoms with Gasteiger partial charge in [-0.05, 0) is 36.4 Å². The topological polar surface area (TPSA) is 67.4 Å². The fourth-order valence-corrected chi connectivity index (χ4v) is 2.07. The summed E-state index contributed by atoms with van der Waals surface area (Å²) in [5.41, 5.74) is 0.756. The molecule has 2 N–H and O–H groups in total. The third-order valence-corrected chi connectivity index (χ3v) is 3.43. The molecule has 0 saturated carbocycles. The lowest BCUT2D eigenvalue weighted by Crippen LogP contribution is -2.20. The van der Waals surface area contributed by atoms with Crippen LogP contribution < -0.4 is 10.6 Å². The second-order valence-corrected chi connectivity index (χ2v) is 5.21. The zero-order valence-electron chi connectivity index (χ0n) is 11.8. The third-order valence-electron chi connectivity index (χ3n) is 2.81. The number of benzene rings is 2. The normalized spacial score (nSPS) is 10.1. The molecular formula is C15H11Cl2FN2O3. The number of ether oxygens (including phenoxy) is 1. The molecule has 0 radical (unpaired) electrons. The minimum Gasteiger partial charge on any atom is -0.465 e. The van der Waals surface area contributed by atoms with E-state index in [1.807, 2.05) is 0 Å². The summed E-state index contributed by atoms with van der Waals surface area (Å²) < 4.78 is 17.7. The molecule has 2 rings (SSSR count). The van der Waals surface area contributed by atoms with Gasteiger partial charge >= 0.3 is 12.0 Å². The first kappa shape index (κ1) is 17.1. The predicted octanol–water partition coefficient (Wildman–Crippen LogP) is 4.56. The molecular weight excluding hydrogens is 346 g/mol. The van der Waals surface area contributed by atoms with Crippen molar-refractivity contribution < 1.29 is 18.7 Å². The summed E-state index contributed by atoms with van der Waals surface area (Å²) in [6.45, 7) is 0. The standard InChI is InChI=1S/C15H11Cl2FN2O3/c1-23-14(21)8-2-4-10(16)13(6-8)20-15(22)19-9-3-5-12(18)11(17)7-9/h2-7H,1H3,(H2,19,20,22). The molecule has 5 nitrogen and oxygen atoms in total. The van der Waals surface area contributed by atoms with Crippen LogP contribution in [0.15, 0.2) is 36.4 Å². The van der Waals surface area contributed by atoms with Gasteiger partial charge in [0.05, 0.1) is 28.4 Å². The highest BCUT2D eigenvalue weighted by Gasteiger charge is 2.12. The maximum atomic E-state index is 13.1. The number of amides is 2. The Hall–Kier alpha value is -2.31. The van der Waals surface area contributed by atoms with Crippen LogP contribution in [0.2, 0.25) is 10.0 Å². The molecule has 2 amide bonds. The molecule has 8 heteroatoms. The van der Waals surface area contributed by atoms with Crippen molar-refractivity contribution in [3.8, 4) is 0 Å². The Morgan fingerprint density at radius 2 is 1.78 bits per heavy atom. The Morgan fingerprint density at radius 3 is 2.43 bits per heavy atom. The van der Waals surface area contributed by atoms with Crippen LogP contribution in [0.25, 0.3) is 0 Å². The average molecular weight is 357 g/mol. The van der Waals surface area contributed by atoms with Gasteiger partial charge in [-0.25, -0.2) is 14.0 Å². The Balaban J connectivity index is 2.13. The Kier molecular flexibility index (Phi) is 5.41. The van der Waals surface area contributed by atoms with Crippen molar-refractivity contribution in [1.29, 1.82) is 0 Å². The van der Waals surface area contributed by atoms with Gasteiger partial charge in [-0.2, -0.15) is 0 Å². The van der Waals surface area contributed by atoms with Crippen molar-refractivity contribution in [1.82, 2.24) is 0 Å².